The molecule has 1 aromatic heterocycles. The van der Waals surface area contributed by atoms with Gasteiger partial charge in [-0.05, 0) is 38.5 Å². The Hall–Kier alpha value is -1.56. The highest BCUT2D eigenvalue weighted by atomic mass is 79.9. The Bertz CT molecular complexity index is 668. The molecule has 0 saturated heterocycles. The van der Waals surface area contributed by atoms with E-state index in [4.69, 9.17) is 5.11 Å². The predicted molar refractivity (Wildman–Crippen MR) is 86.1 cm³/mol. The number of halogens is 4. The van der Waals surface area contributed by atoms with Gasteiger partial charge >= 0.3 is 6.18 Å². The Balaban J connectivity index is 2.01. The molecule has 1 N–H and O–H groups in total. The van der Waals surface area contributed by atoms with Crippen LogP contribution in [0, 0.1) is 0 Å². The van der Waals surface area contributed by atoms with Gasteiger partial charge in [0.15, 0.2) is 5.82 Å². The molecule has 0 bridgehead atoms. The first kappa shape index (κ1) is 19.8. The molecule has 1 heterocycles. The van der Waals surface area contributed by atoms with Crippen LogP contribution in [0.4, 0.5) is 13.2 Å². The molecule has 0 fully saturated rings. The Kier molecular flexibility index (Phi) is 7.29. The summed E-state index contributed by atoms with van der Waals surface area (Å²) in [6.45, 7) is -0.831. The van der Waals surface area contributed by atoms with Crippen LogP contribution in [0.25, 0.3) is 5.69 Å². The Labute approximate surface area is 150 Å². The maximum absolute atomic E-state index is 12.1. The Morgan fingerprint density at radius 2 is 2.00 bits per heavy atom. The molecule has 0 aliphatic rings. The summed E-state index contributed by atoms with van der Waals surface area (Å²) in [7, 11) is 0. The van der Waals surface area contributed by atoms with Crippen molar-refractivity contribution in [2.24, 2.45) is 0 Å². The average Bonchev–Trinajstić information content (AvgIpc) is 2.99. The van der Waals surface area contributed by atoms with Gasteiger partial charge in [0.05, 0.1) is 25.4 Å². The number of aromatic nitrogens is 4. The molecule has 7 nitrogen and oxygen atoms in total. The standard InChI is InChI=1S/C14H17BrF3N5O2/c15-11-3-1-2-4-12(11)23-13(19-20-21-23)9-22(5-7-24)6-8-25-10-14(16,17)18/h1-4,24H,5-10H2. The van der Waals surface area contributed by atoms with Gasteiger partial charge in [0.25, 0.3) is 0 Å². The molecule has 138 valence electrons. The number of benzene rings is 1. The van der Waals surface area contributed by atoms with Crippen molar-refractivity contribution < 1.29 is 23.0 Å². The third kappa shape index (κ3) is 6.34. The van der Waals surface area contributed by atoms with Crippen LogP contribution in [0.15, 0.2) is 28.7 Å². The van der Waals surface area contributed by atoms with Crippen molar-refractivity contribution >= 4 is 15.9 Å². The Morgan fingerprint density at radius 1 is 1.24 bits per heavy atom. The molecule has 0 aliphatic carbocycles. The van der Waals surface area contributed by atoms with Gasteiger partial charge in [-0.2, -0.15) is 17.9 Å². The molecule has 1 aromatic carbocycles. The number of aliphatic hydroxyl groups excluding tert-OH is 1. The smallest absolute Gasteiger partial charge is 0.395 e. The van der Waals surface area contributed by atoms with E-state index in [1.807, 2.05) is 24.3 Å². The molecule has 0 unspecified atom stereocenters. The lowest BCUT2D eigenvalue weighted by Gasteiger charge is -2.21. The van der Waals surface area contributed by atoms with Crippen LogP contribution in [0.1, 0.15) is 5.82 Å². The molecule has 0 spiro atoms. The lowest BCUT2D eigenvalue weighted by molar-refractivity contribution is -0.174. The number of alkyl halides is 3. The largest absolute Gasteiger partial charge is 0.411 e. The molecule has 2 rings (SSSR count). The summed E-state index contributed by atoms with van der Waals surface area (Å²) in [6, 6.07) is 7.36. The topological polar surface area (TPSA) is 76.3 Å². The van der Waals surface area contributed by atoms with Crippen molar-refractivity contribution in [3.8, 4) is 5.69 Å². The van der Waals surface area contributed by atoms with Gasteiger partial charge in [-0.25, -0.2) is 0 Å². The summed E-state index contributed by atoms with van der Waals surface area (Å²) in [4.78, 5) is 1.72. The van der Waals surface area contributed by atoms with Gasteiger partial charge in [-0.1, -0.05) is 12.1 Å². The van der Waals surface area contributed by atoms with E-state index in [1.165, 1.54) is 4.68 Å². The number of hydrogen-bond acceptors (Lipinski definition) is 6. The minimum absolute atomic E-state index is 0.115. The third-order valence-electron chi connectivity index (χ3n) is 3.21. The number of para-hydroxylation sites is 1. The minimum atomic E-state index is -4.36. The van der Waals surface area contributed by atoms with Gasteiger partial charge in [-0.15, -0.1) is 5.10 Å². The molecule has 0 saturated carbocycles. The first-order chi connectivity index (χ1) is 11.9. The number of hydrogen-bond donors (Lipinski definition) is 1. The fourth-order valence-corrected chi connectivity index (χ4v) is 2.56. The summed E-state index contributed by atoms with van der Waals surface area (Å²) in [5, 5.41) is 20.7. The maximum atomic E-state index is 12.1. The summed E-state index contributed by atoms with van der Waals surface area (Å²) >= 11 is 3.42. The van der Waals surface area contributed by atoms with Crippen LogP contribution < -0.4 is 0 Å². The third-order valence-corrected chi connectivity index (χ3v) is 3.88. The highest BCUT2D eigenvalue weighted by Gasteiger charge is 2.27. The molecular formula is C14H17BrF3N5O2. The van der Waals surface area contributed by atoms with E-state index in [2.05, 4.69) is 36.2 Å². The van der Waals surface area contributed by atoms with E-state index >= 15 is 0 Å². The quantitative estimate of drug-likeness (QED) is 0.619. The zero-order valence-corrected chi connectivity index (χ0v) is 14.7. The van der Waals surface area contributed by atoms with Gasteiger partial charge in [0.2, 0.25) is 0 Å². The van der Waals surface area contributed by atoms with Crippen LogP contribution in [-0.2, 0) is 11.3 Å². The lowest BCUT2D eigenvalue weighted by atomic mass is 10.3. The van der Waals surface area contributed by atoms with Crippen LogP contribution in [0.3, 0.4) is 0 Å². The first-order valence-corrected chi connectivity index (χ1v) is 8.20. The number of aliphatic hydroxyl groups is 1. The van der Waals surface area contributed by atoms with Crippen LogP contribution in [0.5, 0.6) is 0 Å². The average molecular weight is 424 g/mol. The van der Waals surface area contributed by atoms with Crippen molar-refractivity contribution in [2.45, 2.75) is 12.7 Å². The van der Waals surface area contributed by atoms with Crippen molar-refractivity contribution in [3.05, 3.63) is 34.6 Å². The molecule has 0 amide bonds. The molecule has 0 aliphatic heterocycles. The van der Waals surface area contributed by atoms with E-state index in [-0.39, 0.29) is 32.8 Å². The van der Waals surface area contributed by atoms with E-state index < -0.39 is 12.8 Å². The van der Waals surface area contributed by atoms with E-state index in [1.54, 1.807) is 4.90 Å². The van der Waals surface area contributed by atoms with E-state index in [9.17, 15) is 13.2 Å². The minimum Gasteiger partial charge on any atom is -0.395 e. The second kappa shape index (κ2) is 9.22. The number of tetrazole rings is 1. The SMILES string of the molecule is OCCN(CCOCC(F)(F)F)Cc1nnnn1-c1ccccc1Br. The number of nitrogens with zero attached hydrogens (tertiary/aromatic N) is 5. The predicted octanol–water partition coefficient (Wildman–Crippen LogP) is 1.80. The van der Waals surface area contributed by atoms with Gasteiger partial charge < -0.3 is 9.84 Å². The second-order valence-corrected chi connectivity index (χ2v) is 5.98. The van der Waals surface area contributed by atoms with E-state index in [0.29, 0.717) is 5.82 Å². The summed E-state index contributed by atoms with van der Waals surface area (Å²) < 4.78 is 43.2. The monoisotopic (exact) mass is 423 g/mol. The summed E-state index contributed by atoms with van der Waals surface area (Å²) in [6.07, 6.45) is -4.36. The molecule has 11 heteroatoms. The van der Waals surface area contributed by atoms with Crippen molar-refractivity contribution in [1.29, 1.82) is 0 Å². The van der Waals surface area contributed by atoms with Crippen molar-refractivity contribution in [3.63, 3.8) is 0 Å². The number of rotatable bonds is 9. The van der Waals surface area contributed by atoms with E-state index in [0.717, 1.165) is 10.2 Å². The highest BCUT2D eigenvalue weighted by Crippen LogP contribution is 2.20. The molecular weight excluding hydrogens is 407 g/mol. The summed E-state index contributed by atoms with van der Waals surface area (Å²) in [5.41, 5.74) is 0.736. The van der Waals surface area contributed by atoms with Gasteiger partial charge in [0, 0.05) is 17.6 Å². The van der Waals surface area contributed by atoms with Crippen LogP contribution in [-0.4, -0.2) is 69.3 Å². The van der Waals surface area contributed by atoms with Crippen molar-refractivity contribution in [1.82, 2.24) is 25.1 Å². The zero-order chi connectivity index (χ0) is 18.3. The lowest BCUT2D eigenvalue weighted by Crippen LogP contribution is -2.32. The molecule has 2 aromatic rings. The molecule has 0 radical (unpaired) electrons. The number of ether oxygens (including phenoxy) is 1. The maximum Gasteiger partial charge on any atom is 0.411 e. The van der Waals surface area contributed by atoms with Crippen LogP contribution in [0.2, 0.25) is 0 Å². The van der Waals surface area contributed by atoms with Gasteiger partial charge in [-0.3, -0.25) is 4.90 Å². The summed E-state index contributed by atoms with van der Waals surface area (Å²) in [5.74, 6) is 0.496. The first-order valence-electron chi connectivity index (χ1n) is 7.40. The fraction of sp³-hybridized carbons (Fsp3) is 0.500. The Morgan fingerprint density at radius 3 is 2.68 bits per heavy atom. The van der Waals surface area contributed by atoms with Crippen LogP contribution >= 0.6 is 15.9 Å². The fourth-order valence-electron chi connectivity index (χ4n) is 2.11. The van der Waals surface area contributed by atoms with Crippen molar-refractivity contribution in [2.75, 3.05) is 32.9 Å². The normalized spacial score (nSPS) is 12.1. The second-order valence-electron chi connectivity index (χ2n) is 5.13. The molecule has 0 atom stereocenters. The van der Waals surface area contributed by atoms with Gasteiger partial charge in [0.1, 0.15) is 6.61 Å². The highest BCUT2D eigenvalue weighted by molar-refractivity contribution is 9.10. The molecule has 25 heavy (non-hydrogen) atoms. The zero-order valence-electron chi connectivity index (χ0n) is 13.2.